The molecule has 0 radical (unpaired) electrons. The van der Waals surface area contributed by atoms with Crippen LogP contribution in [0.3, 0.4) is 0 Å². The molecule has 1 atom stereocenters. The van der Waals surface area contributed by atoms with E-state index < -0.39 is 6.10 Å². The van der Waals surface area contributed by atoms with Gasteiger partial charge in [-0.05, 0) is 30.7 Å². The van der Waals surface area contributed by atoms with Gasteiger partial charge in [-0.25, -0.2) is 0 Å². The van der Waals surface area contributed by atoms with Crippen molar-refractivity contribution in [3.8, 4) is 11.3 Å². The summed E-state index contributed by atoms with van der Waals surface area (Å²) in [5.74, 6) is 1.77. The van der Waals surface area contributed by atoms with Gasteiger partial charge in [0, 0.05) is 16.1 Å². The predicted molar refractivity (Wildman–Crippen MR) is 95.6 cm³/mol. The Bertz CT molecular complexity index is 793. The van der Waals surface area contributed by atoms with Crippen molar-refractivity contribution < 1.29 is 14.8 Å². The minimum atomic E-state index is -0.453. The number of halogens is 1. The minimum absolute atomic E-state index is 0.453. The van der Waals surface area contributed by atoms with Crippen molar-refractivity contribution in [3.05, 3.63) is 82.6 Å². The van der Waals surface area contributed by atoms with Gasteiger partial charge in [-0.3, -0.25) is 0 Å². The zero-order valence-electron chi connectivity index (χ0n) is 13.6. The van der Waals surface area contributed by atoms with E-state index in [-0.39, 0.29) is 0 Å². The van der Waals surface area contributed by atoms with Crippen molar-refractivity contribution in [3.63, 3.8) is 0 Å². The first-order chi connectivity index (χ1) is 11.6. The van der Waals surface area contributed by atoms with Gasteiger partial charge in [0.05, 0.1) is 6.10 Å². The summed E-state index contributed by atoms with van der Waals surface area (Å²) in [5, 5.41) is 12.5. The lowest BCUT2D eigenvalue weighted by Gasteiger charge is -2.05. The van der Waals surface area contributed by atoms with Gasteiger partial charge in [0.25, 0.3) is 0 Å². The molecule has 3 nitrogen and oxygen atoms in total. The van der Waals surface area contributed by atoms with Crippen molar-refractivity contribution in [2.24, 2.45) is 0 Å². The predicted octanol–water partition coefficient (Wildman–Crippen LogP) is 3.92. The average molecular weight is 343 g/mol. The molecular weight excluding hydrogens is 322 g/mol. The van der Waals surface area contributed by atoms with Crippen LogP contribution in [0.5, 0.6) is 0 Å². The number of benzene rings is 2. The maximum atomic E-state index is 9.56. The number of aliphatic hydroxyl groups is 1. The van der Waals surface area contributed by atoms with Crippen molar-refractivity contribution in [2.75, 3.05) is 0 Å². The van der Waals surface area contributed by atoms with Crippen LogP contribution in [0, 0.1) is 0 Å². The maximum Gasteiger partial charge on any atom is 0.158 e. The van der Waals surface area contributed by atoms with Crippen molar-refractivity contribution in [1.29, 1.82) is 0 Å². The number of furan rings is 1. The molecule has 0 unspecified atom stereocenters. The summed E-state index contributed by atoms with van der Waals surface area (Å²) < 4.78 is 5.91. The second kappa shape index (κ2) is 7.67. The zero-order chi connectivity index (χ0) is 16.9. The molecule has 1 aromatic heterocycles. The van der Waals surface area contributed by atoms with E-state index in [1.54, 1.807) is 6.92 Å². The third-order valence-electron chi connectivity index (χ3n) is 4.01. The minimum Gasteiger partial charge on any atom is -0.455 e. The van der Waals surface area contributed by atoms with E-state index in [1.807, 2.05) is 60.7 Å². The van der Waals surface area contributed by atoms with Gasteiger partial charge < -0.3 is 14.8 Å². The summed E-state index contributed by atoms with van der Waals surface area (Å²) in [6.45, 7) is 3.34. The summed E-state index contributed by atoms with van der Waals surface area (Å²) >= 11 is 6.16. The van der Waals surface area contributed by atoms with E-state index >= 15 is 0 Å². The fourth-order valence-corrected chi connectivity index (χ4v) is 2.82. The number of rotatable bonds is 6. The first kappa shape index (κ1) is 16.8. The Morgan fingerprint density at radius 3 is 2.46 bits per heavy atom. The highest BCUT2D eigenvalue weighted by atomic mass is 35.5. The van der Waals surface area contributed by atoms with Crippen LogP contribution in [0.1, 0.15) is 29.9 Å². The summed E-state index contributed by atoms with van der Waals surface area (Å²) in [4.78, 5) is 0. The van der Waals surface area contributed by atoms with Crippen LogP contribution in [-0.4, -0.2) is 5.11 Å². The molecule has 0 aliphatic heterocycles. The van der Waals surface area contributed by atoms with Gasteiger partial charge in [0.15, 0.2) is 5.76 Å². The molecule has 0 spiro atoms. The zero-order valence-corrected chi connectivity index (χ0v) is 14.3. The average Bonchev–Trinajstić information content (AvgIpc) is 3.05. The summed E-state index contributed by atoms with van der Waals surface area (Å²) in [7, 11) is 0. The molecule has 3 N–H and O–H groups in total. The Morgan fingerprint density at radius 1 is 1.00 bits per heavy atom. The molecular formula is C20H21ClNO2+. The van der Waals surface area contributed by atoms with Crippen LogP contribution in [0.2, 0.25) is 5.02 Å². The Kier molecular flexibility index (Phi) is 5.36. The van der Waals surface area contributed by atoms with Gasteiger partial charge in [-0.2, -0.15) is 0 Å². The van der Waals surface area contributed by atoms with Crippen LogP contribution < -0.4 is 5.32 Å². The first-order valence-electron chi connectivity index (χ1n) is 8.05. The number of hydrogen-bond acceptors (Lipinski definition) is 2. The fourth-order valence-electron chi connectivity index (χ4n) is 2.60. The Hall–Kier alpha value is -2.07. The molecule has 0 bridgehead atoms. The molecule has 0 amide bonds. The topological polar surface area (TPSA) is 50.0 Å². The van der Waals surface area contributed by atoms with Gasteiger partial charge in [0.1, 0.15) is 18.8 Å². The molecule has 1 heterocycles. The molecule has 0 aliphatic rings. The van der Waals surface area contributed by atoms with E-state index in [2.05, 4.69) is 5.32 Å². The van der Waals surface area contributed by atoms with E-state index in [9.17, 15) is 5.11 Å². The van der Waals surface area contributed by atoms with Crippen LogP contribution in [-0.2, 0) is 13.1 Å². The van der Waals surface area contributed by atoms with Gasteiger partial charge >= 0.3 is 0 Å². The molecule has 0 saturated heterocycles. The largest absolute Gasteiger partial charge is 0.455 e. The SMILES string of the molecule is C[C@@H](O)c1ccc(-c2ccc(C[NH2+]Cc3ccccc3Cl)o2)cc1. The van der Waals surface area contributed by atoms with Crippen molar-refractivity contribution in [1.82, 2.24) is 0 Å². The van der Waals surface area contributed by atoms with E-state index in [0.717, 1.165) is 46.3 Å². The summed E-state index contributed by atoms with van der Waals surface area (Å²) in [6.07, 6.45) is -0.453. The van der Waals surface area contributed by atoms with Crippen LogP contribution in [0.25, 0.3) is 11.3 Å². The second-order valence-electron chi connectivity index (χ2n) is 5.85. The van der Waals surface area contributed by atoms with E-state index in [1.165, 1.54) is 0 Å². The lowest BCUT2D eigenvalue weighted by atomic mass is 10.1. The number of aliphatic hydroxyl groups excluding tert-OH is 1. The first-order valence-corrected chi connectivity index (χ1v) is 8.43. The Labute approximate surface area is 146 Å². The molecule has 24 heavy (non-hydrogen) atoms. The van der Waals surface area contributed by atoms with E-state index in [0.29, 0.717) is 0 Å². The lowest BCUT2D eigenvalue weighted by molar-refractivity contribution is -0.687. The second-order valence-corrected chi connectivity index (χ2v) is 6.26. The molecule has 4 heteroatoms. The molecule has 0 fully saturated rings. The van der Waals surface area contributed by atoms with Crippen molar-refractivity contribution in [2.45, 2.75) is 26.1 Å². The lowest BCUT2D eigenvalue weighted by Crippen LogP contribution is -2.80. The number of nitrogens with two attached hydrogens (primary N) is 1. The van der Waals surface area contributed by atoms with Crippen LogP contribution in [0.15, 0.2) is 65.1 Å². The number of hydrogen-bond donors (Lipinski definition) is 2. The molecule has 3 aromatic rings. The van der Waals surface area contributed by atoms with Gasteiger partial charge in [-0.1, -0.05) is 54.1 Å². The fraction of sp³-hybridized carbons (Fsp3) is 0.200. The third-order valence-corrected chi connectivity index (χ3v) is 4.38. The van der Waals surface area contributed by atoms with Gasteiger partial charge in [0.2, 0.25) is 0 Å². The molecule has 124 valence electrons. The normalized spacial score (nSPS) is 12.3. The van der Waals surface area contributed by atoms with Crippen LogP contribution >= 0.6 is 11.6 Å². The smallest absolute Gasteiger partial charge is 0.158 e. The number of quaternary nitrogens is 1. The maximum absolute atomic E-state index is 9.56. The summed E-state index contributed by atoms with van der Waals surface area (Å²) in [6, 6.07) is 19.7. The quantitative estimate of drug-likeness (QED) is 0.713. The molecule has 2 aromatic carbocycles. The summed E-state index contributed by atoms with van der Waals surface area (Å²) in [5.41, 5.74) is 3.04. The molecule has 0 saturated carbocycles. The van der Waals surface area contributed by atoms with E-state index in [4.69, 9.17) is 16.0 Å². The van der Waals surface area contributed by atoms with Crippen molar-refractivity contribution >= 4 is 11.6 Å². The van der Waals surface area contributed by atoms with Crippen LogP contribution in [0.4, 0.5) is 0 Å². The highest BCUT2D eigenvalue weighted by Crippen LogP contribution is 2.24. The molecule has 3 rings (SSSR count). The Morgan fingerprint density at radius 2 is 1.75 bits per heavy atom. The van der Waals surface area contributed by atoms with Gasteiger partial charge in [-0.15, -0.1) is 0 Å². The highest BCUT2D eigenvalue weighted by Gasteiger charge is 2.08. The monoisotopic (exact) mass is 342 g/mol. The standard InChI is InChI=1S/C20H20ClNO2/c1-14(23)15-6-8-16(9-7-15)20-11-10-18(24-20)13-22-12-17-4-2-3-5-19(17)21/h2-11,14,22-23H,12-13H2,1H3/p+1/t14-/m1/s1. The molecule has 0 aliphatic carbocycles. The Balaban J connectivity index is 1.60. The highest BCUT2D eigenvalue weighted by molar-refractivity contribution is 6.31. The third kappa shape index (κ3) is 4.06.